The average Bonchev–Trinajstić information content (AvgIpc) is 2.88. The molecule has 4 aromatic rings. The number of nitrogens with zero attached hydrogens (tertiary/aromatic N) is 1. The summed E-state index contributed by atoms with van der Waals surface area (Å²) in [5.74, 6) is 2.74. The smallest absolute Gasteiger partial charge is 0.175 e. The molecule has 0 aliphatic carbocycles. The van der Waals surface area contributed by atoms with Crippen molar-refractivity contribution < 1.29 is 19.5 Å². The lowest BCUT2D eigenvalue weighted by Crippen LogP contribution is -1.91. The molecule has 0 fully saturated rings. The molecule has 0 aromatic heterocycles. The Morgan fingerprint density at radius 1 is 0.647 bits per heavy atom. The highest BCUT2D eigenvalue weighted by Gasteiger charge is 2.02. The third-order valence-electron chi connectivity index (χ3n) is 4.30. The fraction of sp³-hybridized carbons (Fsp3) is 0. The van der Waals surface area contributed by atoms with Crippen LogP contribution >= 0.6 is 34.8 Å². The van der Waals surface area contributed by atoms with Gasteiger partial charge in [0, 0.05) is 21.2 Å². The molecule has 0 amide bonds. The van der Waals surface area contributed by atoms with E-state index in [0.29, 0.717) is 44.2 Å². The predicted molar refractivity (Wildman–Crippen MR) is 135 cm³/mol. The van der Waals surface area contributed by atoms with E-state index in [1.54, 1.807) is 97.1 Å². The molecule has 0 aliphatic rings. The van der Waals surface area contributed by atoms with Crippen molar-refractivity contribution in [2.75, 3.05) is 0 Å². The van der Waals surface area contributed by atoms with Gasteiger partial charge in [-0.05, 0) is 97.1 Å². The minimum Gasteiger partial charge on any atom is -0.457 e. The summed E-state index contributed by atoms with van der Waals surface area (Å²) >= 11 is 17.2. The summed E-state index contributed by atoms with van der Waals surface area (Å²) in [6.45, 7) is 0. The van der Waals surface area contributed by atoms with E-state index in [-0.39, 0.29) is 5.17 Å². The molecule has 5 nitrogen and oxygen atoms in total. The molecular formula is C26H18Cl3NO4. The van der Waals surface area contributed by atoms with Crippen molar-refractivity contribution in [3.05, 3.63) is 118 Å². The Balaban J connectivity index is 0.000000192. The molecule has 0 aliphatic heterocycles. The number of rotatable bonds is 6. The van der Waals surface area contributed by atoms with Crippen LogP contribution in [0.15, 0.2) is 102 Å². The van der Waals surface area contributed by atoms with E-state index in [9.17, 15) is 4.79 Å². The Labute approximate surface area is 211 Å². The molecule has 172 valence electrons. The zero-order valence-electron chi connectivity index (χ0n) is 17.6. The molecule has 0 heterocycles. The highest BCUT2D eigenvalue weighted by Crippen LogP contribution is 2.24. The second-order valence-electron chi connectivity index (χ2n) is 6.71. The van der Waals surface area contributed by atoms with Crippen LogP contribution in [0.1, 0.15) is 15.9 Å². The van der Waals surface area contributed by atoms with Crippen LogP contribution in [0.4, 0.5) is 0 Å². The predicted octanol–water partition coefficient (Wildman–Crippen LogP) is 8.45. The van der Waals surface area contributed by atoms with Crippen molar-refractivity contribution >= 4 is 46.3 Å². The molecule has 0 saturated heterocycles. The fourth-order valence-corrected chi connectivity index (χ4v) is 2.99. The molecule has 1 N–H and O–H groups in total. The highest BCUT2D eigenvalue weighted by atomic mass is 35.5. The van der Waals surface area contributed by atoms with Gasteiger partial charge in [0.1, 0.15) is 29.3 Å². The van der Waals surface area contributed by atoms with E-state index in [2.05, 4.69) is 5.16 Å². The van der Waals surface area contributed by atoms with E-state index >= 15 is 0 Å². The van der Waals surface area contributed by atoms with Gasteiger partial charge in [-0.1, -0.05) is 40.0 Å². The van der Waals surface area contributed by atoms with Crippen molar-refractivity contribution in [3.8, 4) is 23.0 Å². The first kappa shape index (κ1) is 25.1. The van der Waals surface area contributed by atoms with Crippen LogP contribution in [0.2, 0.25) is 10.0 Å². The van der Waals surface area contributed by atoms with Gasteiger partial charge in [0.25, 0.3) is 0 Å². The Bertz CT molecular complexity index is 1230. The lowest BCUT2D eigenvalue weighted by molar-refractivity contribution is 0.112. The molecule has 0 radical (unpaired) electrons. The van der Waals surface area contributed by atoms with Crippen molar-refractivity contribution in [2.24, 2.45) is 5.16 Å². The minimum atomic E-state index is 0.0352. The Morgan fingerprint density at radius 2 is 1.00 bits per heavy atom. The van der Waals surface area contributed by atoms with Gasteiger partial charge in [-0.25, -0.2) is 0 Å². The quantitative estimate of drug-likeness (QED) is 0.121. The summed E-state index contributed by atoms with van der Waals surface area (Å²) < 4.78 is 11.2. The standard InChI is InChI=1S/C13H9Cl2NO2.C13H9ClO2/c14-10-3-7-12(8-4-10)18-11-5-1-9(2-6-11)13(15)16-17;14-11-3-7-13(8-4-11)16-12-5-1-10(9-15)2-6-12/h1-8,17H;1-9H/b16-13-;. The number of carbonyl (C=O) groups is 1. The topological polar surface area (TPSA) is 68.1 Å². The van der Waals surface area contributed by atoms with E-state index in [1.165, 1.54) is 0 Å². The van der Waals surface area contributed by atoms with Gasteiger partial charge < -0.3 is 14.7 Å². The van der Waals surface area contributed by atoms with Gasteiger partial charge in [-0.15, -0.1) is 0 Å². The number of hydrogen-bond donors (Lipinski definition) is 1. The molecule has 0 bridgehead atoms. The number of aldehydes is 1. The molecule has 4 rings (SSSR count). The summed E-state index contributed by atoms with van der Waals surface area (Å²) in [5.41, 5.74) is 1.24. The summed E-state index contributed by atoms with van der Waals surface area (Å²) in [6.07, 6.45) is 0.798. The molecule has 0 saturated carbocycles. The molecule has 0 unspecified atom stereocenters. The van der Waals surface area contributed by atoms with Crippen LogP contribution < -0.4 is 9.47 Å². The average molecular weight is 515 g/mol. The second-order valence-corrected chi connectivity index (χ2v) is 7.94. The summed E-state index contributed by atoms with van der Waals surface area (Å²) in [4.78, 5) is 10.5. The van der Waals surface area contributed by atoms with Crippen LogP contribution in [-0.4, -0.2) is 16.7 Å². The minimum absolute atomic E-state index is 0.0352. The van der Waals surface area contributed by atoms with Crippen molar-refractivity contribution in [3.63, 3.8) is 0 Å². The number of halogens is 3. The maximum absolute atomic E-state index is 10.5. The maximum atomic E-state index is 10.5. The fourth-order valence-electron chi connectivity index (χ4n) is 2.61. The van der Waals surface area contributed by atoms with Crippen molar-refractivity contribution in [1.29, 1.82) is 0 Å². The molecule has 4 aromatic carbocycles. The highest BCUT2D eigenvalue weighted by molar-refractivity contribution is 6.69. The van der Waals surface area contributed by atoms with Gasteiger partial charge in [-0.3, -0.25) is 4.79 Å². The second kappa shape index (κ2) is 12.7. The van der Waals surface area contributed by atoms with Crippen LogP contribution in [0.3, 0.4) is 0 Å². The van der Waals surface area contributed by atoms with Crippen LogP contribution in [0.25, 0.3) is 0 Å². The first-order valence-electron chi connectivity index (χ1n) is 9.87. The molecule has 0 spiro atoms. The number of benzene rings is 4. The normalized spacial score (nSPS) is 10.6. The van der Waals surface area contributed by atoms with Gasteiger partial charge in [0.05, 0.1) is 0 Å². The Hall–Kier alpha value is -3.51. The molecule has 8 heteroatoms. The summed E-state index contributed by atoms with van der Waals surface area (Å²) in [6, 6.07) is 27.9. The molecule has 0 atom stereocenters. The summed E-state index contributed by atoms with van der Waals surface area (Å²) in [7, 11) is 0. The van der Waals surface area contributed by atoms with Gasteiger partial charge in [0.15, 0.2) is 5.17 Å². The van der Waals surface area contributed by atoms with Gasteiger partial charge >= 0.3 is 0 Å². The number of hydrogen-bond acceptors (Lipinski definition) is 5. The number of oxime groups is 1. The van der Waals surface area contributed by atoms with Crippen LogP contribution in [0.5, 0.6) is 23.0 Å². The first-order chi connectivity index (χ1) is 16.5. The lowest BCUT2D eigenvalue weighted by atomic mass is 10.2. The SMILES string of the molecule is O/N=C(\Cl)c1ccc(Oc2ccc(Cl)cc2)cc1.O=Cc1ccc(Oc2ccc(Cl)cc2)cc1. The summed E-state index contributed by atoms with van der Waals surface area (Å²) in [5, 5.41) is 12.8. The third kappa shape index (κ3) is 7.81. The third-order valence-corrected chi connectivity index (χ3v) is 5.09. The van der Waals surface area contributed by atoms with Crippen LogP contribution in [-0.2, 0) is 0 Å². The molecular weight excluding hydrogens is 497 g/mol. The zero-order valence-corrected chi connectivity index (χ0v) is 19.8. The first-order valence-corrected chi connectivity index (χ1v) is 11.0. The van der Waals surface area contributed by atoms with E-state index in [4.69, 9.17) is 49.5 Å². The maximum Gasteiger partial charge on any atom is 0.175 e. The number of ether oxygens (including phenoxy) is 2. The zero-order chi connectivity index (χ0) is 24.3. The van der Waals surface area contributed by atoms with Gasteiger partial charge in [0.2, 0.25) is 0 Å². The Kier molecular flexibility index (Phi) is 9.35. The Morgan fingerprint density at radius 3 is 1.35 bits per heavy atom. The van der Waals surface area contributed by atoms with E-state index in [1.807, 2.05) is 0 Å². The lowest BCUT2D eigenvalue weighted by Gasteiger charge is -2.06. The molecule has 34 heavy (non-hydrogen) atoms. The number of carbonyl (C=O) groups excluding carboxylic acids is 1. The van der Waals surface area contributed by atoms with E-state index < -0.39 is 0 Å². The monoisotopic (exact) mass is 513 g/mol. The van der Waals surface area contributed by atoms with Crippen LogP contribution in [0, 0.1) is 0 Å². The van der Waals surface area contributed by atoms with Gasteiger partial charge in [-0.2, -0.15) is 0 Å². The van der Waals surface area contributed by atoms with Crippen molar-refractivity contribution in [1.82, 2.24) is 0 Å². The van der Waals surface area contributed by atoms with E-state index in [0.717, 1.165) is 6.29 Å². The van der Waals surface area contributed by atoms with Crippen molar-refractivity contribution in [2.45, 2.75) is 0 Å². The largest absolute Gasteiger partial charge is 0.457 e.